The minimum Gasteiger partial charge on any atom is -0.319 e. The number of H-pyrrole nitrogens is 1. The molecule has 0 radical (unpaired) electrons. The van der Waals surface area contributed by atoms with Crippen LogP contribution in [0.4, 0.5) is 0 Å². The van der Waals surface area contributed by atoms with Crippen LogP contribution in [-0.4, -0.2) is 24.7 Å². The number of hydrogen-bond donors (Lipinski definition) is 1. The zero-order chi connectivity index (χ0) is 15.8. The van der Waals surface area contributed by atoms with Gasteiger partial charge in [-0.3, -0.25) is 9.78 Å². The number of halogens is 1. The van der Waals surface area contributed by atoms with Gasteiger partial charge in [-0.2, -0.15) is 5.10 Å². The summed E-state index contributed by atoms with van der Waals surface area (Å²) in [6.45, 7) is 0. The van der Waals surface area contributed by atoms with E-state index in [1.807, 2.05) is 24.3 Å². The average molecular weight is 324 g/mol. The number of rotatable bonds is 2. The zero-order valence-corrected chi connectivity index (χ0v) is 12.5. The second-order valence-electron chi connectivity index (χ2n) is 4.96. The largest absolute Gasteiger partial charge is 0.319 e. The number of aromatic amines is 1. The average Bonchev–Trinajstić information content (AvgIpc) is 3.05. The summed E-state index contributed by atoms with van der Waals surface area (Å²) in [5, 5.41) is 6.73. The van der Waals surface area contributed by atoms with Crippen molar-refractivity contribution in [3.63, 3.8) is 0 Å². The van der Waals surface area contributed by atoms with Gasteiger partial charge in [0.2, 0.25) is 0 Å². The number of nitrogens with one attached hydrogen (secondary N) is 1. The predicted molar refractivity (Wildman–Crippen MR) is 87.7 cm³/mol. The summed E-state index contributed by atoms with van der Waals surface area (Å²) in [5.74, 6) is 0.669. The molecule has 0 bridgehead atoms. The van der Waals surface area contributed by atoms with Crippen molar-refractivity contribution in [3.8, 4) is 17.1 Å². The van der Waals surface area contributed by atoms with E-state index in [1.165, 1.54) is 6.20 Å². The minimum atomic E-state index is -0.259. The molecule has 0 aliphatic rings. The number of hydrogen-bond acceptors (Lipinski definition) is 4. The normalized spacial score (nSPS) is 11.0. The third-order valence-corrected chi connectivity index (χ3v) is 3.79. The molecule has 3 aromatic heterocycles. The highest BCUT2D eigenvalue weighted by molar-refractivity contribution is 6.35. The van der Waals surface area contributed by atoms with Crippen molar-refractivity contribution in [2.45, 2.75) is 0 Å². The maximum absolute atomic E-state index is 11.4. The maximum atomic E-state index is 11.4. The van der Waals surface area contributed by atoms with Crippen molar-refractivity contribution in [2.24, 2.45) is 0 Å². The Morgan fingerprint density at radius 1 is 1.04 bits per heavy atom. The minimum absolute atomic E-state index is 0.259. The third-order valence-electron chi connectivity index (χ3n) is 3.49. The molecule has 23 heavy (non-hydrogen) atoms. The van der Waals surface area contributed by atoms with E-state index in [2.05, 4.69) is 20.1 Å². The summed E-state index contributed by atoms with van der Waals surface area (Å²) in [7, 11) is 0. The van der Waals surface area contributed by atoms with Gasteiger partial charge in [-0.15, -0.1) is 0 Å². The van der Waals surface area contributed by atoms with Crippen molar-refractivity contribution in [1.82, 2.24) is 24.7 Å². The standard InChI is InChI=1S/C16H10ClN5O/c17-13-6-19-16(12-4-2-1-3-11(12)13)22-9-10(5-20-22)14-7-18-8-15(23)21-14/h1-9H,(H,21,23). The van der Waals surface area contributed by atoms with E-state index < -0.39 is 0 Å². The molecular weight excluding hydrogens is 314 g/mol. The first kappa shape index (κ1) is 13.7. The van der Waals surface area contributed by atoms with Crippen LogP contribution in [0, 0.1) is 0 Å². The molecule has 7 heteroatoms. The van der Waals surface area contributed by atoms with Gasteiger partial charge in [0.25, 0.3) is 5.56 Å². The first-order chi connectivity index (χ1) is 11.2. The molecule has 0 saturated carbocycles. The number of aromatic nitrogens is 5. The Labute approximate surface area is 135 Å². The first-order valence-electron chi connectivity index (χ1n) is 6.85. The molecule has 0 amide bonds. The van der Waals surface area contributed by atoms with Crippen LogP contribution in [0.25, 0.3) is 27.8 Å². The molecule has 0 spiro atoms. The summed E-state index contributed by atoms with van der Waals surface area (Å²) >= 11 is 6.19. The number of fused-ring (bicyclic) bond motifs is 1. The molecule has 0 aliphatic heterocycles. The molecule has 4 aromatic rings. The van der Waals surface area contributed by atoms with E-state index in [-0.39, 0.29) is 5.56 Å². The van der Waals surface area contributed by atoms with E-state index in [0.29, 0.717) is 16.5 Å². The van der Waals surface area contributed by atoms with E-state index in [1.54, 1.807) is 29.5 Å². The van der Waals surface area contributed by atoms with Crippen LogP contribution in [-0.2, 0) is 0 Å². The molecule has 0 aliphatic carbocycles. The van der Waals surface area contributed by atoms with Crippen LogP contribution in [0.15, 0.2) is 60.0 Å². The fourth-order valence-electron chi connectivity index (χ4n) is 2.43. The smallest absolute Gasteiger partial charge is 0.266 e. The van der Waals surface area contributed by atoms with Crippen LogP contribution in [0.3, 0.4) is 0 Å². The summed E-state index contributed by atoms with van der Waals surface area (Å²) in [4.78, 5) is 22.4. The van der Waals surface area contributed by atoms with Crippen molar-refractivity contribution in [2.75, 3.05) is 0 Å². The second-order valence-corrected chi connectivity index (χ2v) is 5.37. The van der Waals surface area contributed by atoms with Crippen LogP contribution in [0.5, 0.6) is 0 Å². The summed E-state index contributed by atoms with van der Waals surface area (Å²) in [6, 6.07) is 7.72. The van der Waals surface area contributed by atoms with Crippen molar-refractivity contribution in [3.05, 3.63) is 70.6 Å². The van der Waals surface area contributed by atoms with E-state index >= 15 is 0 Å². The lowest BCUT2D eigenvalue weighted by atomic mass is 10.1. The van der Waals surface area contributed by atoms with Crippen LogP contribution < -0.4 is 5.56 Å². The SMILES string of the molecule is O=c1cncc(-c2cnn(-c3ncc(Cl)c4ccccc34)c2)[nH]1. The molecule has 6 nitrogen and oxygen atoms in total. The highest BCUT2D eigenvalue weighted by Gasteiger charge is 2.10. The Bertz CT molecular complexity index is 1070. The lowest BCUT2D eigenvalue weighted by molar-refractivity contribution is 0.856. The van der Waals surface area contributed by atoms with Gasteiger partial charge in [0, 0.05) is 28.7 Å². The Morgan fingerprint density at radius 2 is 1.87 bits per heavy atom. The van der Waals surface area contributed by atoms with Crippen LogP contribution >= 0.6 is 11.6 Å². The lowest BCUT2D eigenvalue weighted by Crippen LogP contribution is -2.05. The molecule has 0 unspecified atom stereocenters. The quantitative estimate of drug-likeness (QED) is 0.615. The van der Waals surface area contributed by atoms with Crippen LogP contribution in [0.2, 0.25) is 5.02 Å². The fraction of sp³-hybridized carbons (Fsp3) is 0. The molecule has 0 atom stereocenters. The highest BCUT2D eigenvalue weighted by Crippen LogP contribution is 2.27. The summed E-state index contributed by atoms with van der Waals surface area (Å²) < 4.78 is 1.65. The molecule has 4 rings (SSSR count). The highest BCUT2D eigenvalue weighted by atomic mass is 35.5. The lowest BCUT2D eigenvalue weighted by Gasteiger charge is -2.06. The van der Waals surface area contributed by atoms with Gasteiger partial charge in [0.15, 0.2) is 5.82 Å². The van der Waals surface area contributed by atoms with Crippen molar-refractivity contribution < 1.29 is 0 Å². The van der Waals surface area contributed by atoms with Gasteiger partial charge < -0.3 is 4.98 Å². The Kier molecular flexibility index (Phi) is 3.17. The molecule has 112 valence electrons. The molecule has 3 heterocycles. The summed E-state index contributed by atoms with van der Waals surface area (Å²) in [5.41, 5.74) is 1.09. The monoisotopic (exact) mass is 323 g/mol. The maximum Gasteiger partial charge on any atom is 0.266 e. The fourth-order valence-corrected chi connectivity index (χ4v) is 2.64. The number of benzene rings is 1. The van der Waals surface area contributed by atoms with Gasteiger partial charge >= 0.3 is 0 Å². The second kappa shape index (κ2) is 5.33. The van der Waals surface area contributed by atoms with E-state index in [0.717, 1.165) is 16.3 Å². The van der Waals surface area contributed by atoms with Gasteiger partial charge in [-0.05, 0) is 0 Å². The van der Waals surface area contributed by atoms with Gasteiger partial charge in [-0.25, -0.2) is 9.67 Å². The molecule has 1 aromatic carbocycles. The Balaban J connectivity index is 1.87. The van der Waals surface area contributed by atoms with Crippen LogP contribution in [0.1, 0.15) is 0 Å². The predicted octanol–water partition coefficient (Wildman–Crippen LogP) is 2.82. The van der Waals surface area contributed by atoms with Crippen molar-refractivity contribution in [1.29, 1.82) is 0 Å². The molecule has 0 saturated heterocycles. The Hall–Kier alpha value is -2.99. The molecule has 1 N–H and O–H groups in total. The third kappa shape index (κ3) is 2.39. The van der Waals surface area contributed by atoms with Gasteiger partial charge in [-0.1, -0.05) is 35.9 Å². The molecule has 0 fully saturated rings. The van der Waals surface area contributed by atoms with Crippen molar-refractivity contribution >= 4 is 22.4 Å². The topological polar surface area (TPSA) is 76.5 Å². The zero-order valence-electron chi connectivity index (χ0n) is 11.8. The number of nitrogens with zero attached hydrogens (tertiary/aromatic N) is 4. The van der Waals surface area contributed by atoms with E-state index in [9.17, 15) is 4.79 Å². The number of pyridine rings is 1. The first-order valence-corrected chi connectivity index (χ1v) is 7.23. The molecular formula is C16H10ClN5O. The summed E-state index contributed by atoms with van der Waals surface area (Å²) in [6.07, 6.45) is 7.85. The van der Waals surface area contributed by atoms with E-state index in [4.69, 9.17) is 11.6 Å². The Morgan fingerprint density at radius 3 is 2.70 bits per heavy atom. The van der Waals surface area contributed by atoms with Gasteiger partial charge in [0.05, 0.1) is 29.3 Å². The van der Waals surface area contributed by atoms with Gasteiger partial charge in [0.1, 0.15) is 0 Å².